The first-order valence-corrected chi connectivity index (χ1v) is 8.47. The summed E-state index contributed by atoms with van der Waals surface area (Å²) in [6, 6.07) is 19.4. The molecular weight excluding hydrogens is 411 g/mol. The number of rotatable bonds is 2. The third-order valence-corrected chi connectivity index (χ3v) is 4.71. The molecule has 0 aliphatic carbocycles. The molecule has 0 bridgehead atoms. The van der Waals surface area contributed by atoms with Gasteiger partial charge in [-0.1, -0.05) is 17.8 Å². The number of nitrogens with zero attached hydrogens (tertiary/aromatic N) is 3. The van der Waals surface area contributed by atoms with Gasteiger partial charge in [0.2, 0.25) is 5.71 Å². The Morgan fingerprint density at radius 2 is 1.96 bits per heavy atom. The number of para-hydroxylation sites is 1. The molecule has 0 saturated heterocycles. The van der Waals surface area contributed by atoms with Gasteiger partial charge in [-0.05, 0) is 24.6 Å². The largest absolute Gasteiger partial charge is 0.438 e. The van der Waals surface area contributed by atoms with Crippen LogP contribution in [0.5, 0.6) is 0 Å². The van der Waals surface area contributed by atoms with Crippen LogP contribution in [-0.2, 0) is 39.8 Å². The summed E-state index contributed by atoms with van der Waals surface area (Å²) in [5.41, 5.74) is 4.62. The van der Waals surface area contributed by atoms with Crippen molar-refractivity contribution in [3.63, 3.8) is 0 Å². The Bertz CT molecular complexity index is 1260. The van der Waals surface area contributed by atoms with E-state index < -0.39 is 0 Å². The molecule has 0 spiro atoms. The van der Waals surface area contributed by atoms with Crippen molar-refractivity contribution in [3.05, 3.63) is 78.8 Å². The van der Waals surface area contributed by atoms with Gasteiger partial charge in [0.15, 0.2) is 5.82 Å². The molecule has 0 aliphatic rings. The van der Waals surface area contributed by atoms with Crippen molar-refractivity contribution in [2.45, 2.75) is 6.92 Å². The molecule has 1 radical (unpaired) electrons. The van der Waals surface area contributed by atoms with Gasteiger partial charge in [0.25, 0.3) is 0 Å². The molecule has 2 aromatic carbocycles. The first-order chi connectivity index (χ1) is 12.7. The molecule has 0 saturated carbocycles. The summed E-state index contributed by atoms with van der Waals surface area (Å²) in [6.45, 7) is 2.10. The van der Waals surface area contributed by atoms with Crippen LogP contribution in [0.4, 0.5) is 0 Å². The number of aromatic nitrogens is 3. The molecule has 5 rings (SSSR count). The van der Waals surface area contributed by atoms with E-state index in [2.05, 4.69) is 40.9 Å². The SMILES string of the molecule is Cc1ccc2c(oc3ncccc32)c1-c1n(C)c[c-][n+]1-c1[c-]cccc1.[Y]. The third kappa shape index (κ3) is 2.84. The Morgan fingerprint density at radius 1 is 1.07 bits per heavy atom. The molecule has 27 heavy (non-hydrogen) atoms. The number of fused-ring (bicyclic) bond motifs is 3. The first-order valence-electron chi connectivity index (χ1n) is 8.47. The number of benzene rings is 2. The van der Waals surface area contributed by atoms with Crippen molar-refractivity contribution in [2.75, 3.05) is 0 Å². The van der Waals surface area contributed by atoms with E-state index >= 15 is 0 Å². The maximum absolute atomic E-state index is 6.17. The van der Waals surface area contributed by atoms with E-state index in [0.717, 1.165) is 39.0 Å². The molecule has 0 unspecified atom stereocenters. The molecule has 0 aliphatic heterocycles. The summed E-state index contributed by atoms with van der Waals surface area (Å²) < 4.78 is 10.2. The fourth-order valence-electron chi connectivity index (χ4n) is 3.47. The van der Waals surface area contributed by atoms with Crippen molar-refractivity contribution >= 4 is 22.1 Å². The smallest absolute Gasteiger partial charge is 0.227 e. The van der Waals surface area contributed by atoms with Gasteiger partial charge in [0.05, 0.1) is 25.0 Å². The van der Waals surface area contributed by atoms with Gasteiger partial charge in [0, 0.05) is 49.7 Å². The number of pyridine rings is 1. The van der Waals surface area contributed by atoms with Crippen LogP contribution in [-0.4, -0.2) is 9.55 Å². The van der Waals surface area contributed by atoms with Crippen LogP contribution in [0.2, 0.25) is 0 Å². The second-order valence-corrected chi connectivity index (χ2v) is 6.37. The summed E-state index contributed by atoms with van der Waals surface area (Å²) >= 11 is 0. The van der Waals surface area contributed by atoms with Gasteiger partial charge in [0.1, 0.15) is 5.58 Å². The van der Waals surface area contributed by atoms with Crippen molar-refractivity contribution in [3.8, 4) is 17.1 Å². The predicted octanol–water partition coefficient (Wildman–Crippen LogP) is 4.17. The average Bonchev–Trinajstić information content (AvgIpc) is 3.23. The van der Waals surface area contributed by atoms with Crippen LogP contribution in [0.25, 0.3) is 39.1 Å². The standard InChI is InChI=1S/C22H16N3O.Y/c1-15-10-11-17-18-9-6-12-23-21(18)26-20(17)19(15)22-24(2)13-14-25(22)16-7-4-3-5-8-16;/h3-7,9-13H,1-2H3;/q-1;. The van der Waals surface area contributed by atoms with Crippen LogP contribution in [0, 0.1) is 19.2 Å². The average molecular weight is 427 g/mol. The zero-order valence-electron chi connectivity index (χ0n) is 15.1. The molecule has 4 nitrogen and oxygen atoms in total. The molecule has 129 valence electrons. The predicted molar refractivity (Wildman–Crippen MR) is 99.9 cm³/mol. The Balaban J connectivity index is 0.00000180. The van der Waals surface area contributed by atoms with E-state index in [1.165, 1.54) is 0 Å². The minimum atomic E-state index is 0. The van der Waals surface area contributed by atoms with Gasteiger partial charge in [-0.2, -0.15) is 24.3 Å². The van der Waals surface area contributed by atoms with E-state index in [1.54, 1.807) is 6.20 Å². The molecule has 0 N–H and O–H groups in total. The number of furan rings is 1. The Labute approximate surface area is 182 Å². The molecule has 3 heterocycles. The van der Waals surface area contributed by atoms with Gasteiger partial charge < -0.3 is 8.98 Å². The number of aryl methyl sites for hydroxylation is 2. The van der Waals surface area contributed by atoms with Crippen LogP contribution in [0.1, 0.15) is 5.56 Å². The summed E-state index contributed by atoms with van der Waals surface area (Å²) in [5.74, 6) is 0.995. The number of imidazole rings is 1. The fourth-order valence-corrected chi connectivity index (χ4v) is 3.47. The Kier molecular flexibility index (Phi) is 4.71. The molecule has 0 atom stereocenters. The molecule has 5 aromatic rings. The first kappa shape index (κ1) is 18.1. The summed E-state index contributed by atoms with van der Waals surface area (Å²) in [7, 11) is 2.02. The second-order valence-electron chi connectivity index (χ2n) is 6.37. The van der Waals surface area contributed by atoms with Crippen molar-refractivity contribution in [2.24, 2.45) is 7.05 Å². The maximum atomic E-state index is 6.17. The van der Waals surface area contributed by atoms with E-state index in [9.17, 15) is 0 Å². The van der Waals surface area contributed by atoms with Crippen LogP contribution in [0.15, 0.2) is 65.3 Å². The number of hydrogen-bond acceptors (Lipinski definition) is 2. The minimum Gasteiger partial charge on any atom is -0.438 e. The fraction of sp³-hybridized carbons (Fsp3) is 0.0909. The van der Waals surface area contributed by atoms with Crippen LogP contribution >= 0.6 is 0 Å². The van der Waals surface area contributed by atoms with Crippen molar-refractivity contribution < 1.29 is 41.7 Å². The van der Waals surface area contributed by atoms with E-state index in [4.69, 9.17) is 4.42 Å². The molecule has 0 amide bonds. The molecule has 0 fully saturated rings. The van der Waals surface area contributed by atoms with Gasteiger partial charge in [-0.3, -0.25) is 4.57 Å². The Morgan fingerprint density at radius 3 is 2.78 bits per heavy atom. The monoisotopic (exact) mass is 427 g/mol. The third-order valence-electron chi connectivity index (χ3n) is 4.71. The Hall–Kier alpha value is -2.30. The van der Waals surface area contributed by atoms with Gasteiger partial charge in [-0.15, -0.1) is 0 Å². The summed E-state index contributed by atoms with van der Waals surface area (Å²) in [6.07, 6.45) is 6.99. The van der Waals surface area contributed by atoms with Crippen molar-refractivity contribution in [1.82, 2.24) is 9.55 Å². The molecule has 3 aromatic heterocycles. The van der Waals surface area contributed by atoms with Crippen molar-refractivity contribution in [1.29, 1.82) is 0 Å². The summed E-state index contributed by atoms with van der Waals surface area (Å²) in [4.78, 5) is 4.38. The van der Waals surface area contributed by atoms with E-state index in [0.29, 0.717) is 5.71 Å². The zero-order valence-corrected chi connectivity index (χ0v) is 17.9. The maximum Gasteiger partial charge on any atom is 0.227 e. The zero-order chi connectivity index (χ0) is 17.7. The van der Waals surface area contributed by atoms with Crippen LogP contribution < -0.4 is 4.57 Å². The van der Waals surface area contributed by atoms with Gasteiger partial charge >= 0.3 is 0 Å². The van der Waals surface area contributed by atoms with Crippen LogP contribution in [0.3, 0.4) is 0 Å². The summed E-state index contributed by atoms with van der Waals surface area (Å²) in [5, 5.41) is 2.10. The number of hydrogen-bond donors (Lipinski definition) is 0. The normalized spacial score (nSPS) is 11.0. The second kappa shape index (κ2) is 7.03. The quantitative estimate of drug-likeness (QED) is 0.313. The molecular formula is C22H16N3OY-. The van der Waals surface area contributed by atoms with Gasteiger partial charge in [-0.25, -0.2) is 11.1 Å². The topological polar surface area (TPSA) is 34.8 Å². The van der Waals surface area contributed by atoms with E-state index in [-0.39, 0.29) is 32.7 Å². The minimum absolute atomic E-state index is 0. The molecule has 5 heteroatoms. The van der Waals surface area contributed by atoms with E-state index in [1.807, 2.05) is 54.2 Å².